The molecule has 1 aliphatic heterocycles. The molecule has 126 valence electrons. The summed E-state index contributed by atoms with van der Waals surface area (Å²) in [5.74, 6) is -0.641. The fraction of sp³-hybridized carbons (Fsp3) is 0.333. The number of benzene rings is 1. The van der Waals surface area contributed by atoms with Crippen molar-refractivity contribution in [3.05, 3.63) is 54.4 Å². The molecule has 2 unspecified atom stereocenters. The Morgan fingerprint density at radius 3 is 2.71 bits per heavy atom. The van der Waals surface area contributed by atoms with Crippen LogP contribution in [0.2, 0.25) is 0 Å². The number of para-hydroxylation sites is 1. The number of carbonyl (C=O) groups is 2. The molecule has 24 heavy (non-hydrogen) atoms. The number of hydrogen-bond acceptors (Lipinski definition) is 3. The highest BCUT2D eigenvalue weighted by Crippen LogP contribution is 2.25. The maximum Gasteiger partial charge on any atom is 0.227 e. The van der Waals surface area contributed by atoms with Gasteiger partial charge in [-0.15, -0.1) is 0 Å². The molecule has 2 atom stereocenters. The van der Waals surface area contributed by atoms with Crippen LogP contribution in [0.25, 0.3) is 0 Å². The molecule has 0 radical (unpaired) electrons. The molecule has 0 aliphatic carbocycles. The Bertz CT molecular complexity index is 726. The zero-order chi connectivity index (χ0) is 17.1. The lowest BCUT2D eigenvalue weighted by Crippen LogP contribution is -2.35. The molecule has 0 bridgehead atoms. The van der Waals surface area contributed by atoms with Crippen LogP contribution in [-0.4, -0.2) is 34.6 Å². The maximum absolute atomic E-state index is 12.3. The van der Waals surface area contributed by atoms with E-state index in [0.29, 0.717) is 6.54 Å². The summed E-state index contributed by atoms with van der Waals surface area (Å²) in [6.07, 6.45) is 1.27. The minimum Gasteiger partial charge on any atom is -0.385 e. The molecular weight excluding hydrogens is 306 g/mol. The predicted molar refractivity (Wildman–Crippen MR) is 90.3 cm³/mol. The third-order valence-corrected chi connectivity index (χ3v) is 4.36. The summed E-state index contributed by atoms with van der Waals surface area (Å²) in [4.78, 5) is 26.1. The summed E-state index contributed by atoms with van der Waals surface area (Å²) in [6, 6.07) is 13.0. The van der Waals surface area contributed by atoms with E-state index in [2.05, 4.69) is 5.32 Å². The fourth-order valence-corrected chi connectivity index (χ4v) is 3.01. The molecule has 0 spiro atoms. The quantitative estimate of drug-likeness (QED) is 0.867. The van der Waals surface area contributed by atoms with Crippen molar-refractivity contribution >= 4 is 17.5 Å². The van der Waals surface area contributed by atoms with Crippen LogP contribution in [-0.2, 0) is 16.6 Å². The minimum atomic E-state index is -0.767. The number of aromatic nitrogens is 1. The summed E-state index contributed by atoms with van der Waals surface area (Å²) in [7, 11) is 1.84. The van der Waals surface area contributed by atoms with Gasteiger partial charge in [-0.1, -0.05) is 18.2 Å². The van der Waals surface area contributed by atoms with E-state index in [-0.39, 0.29) is 24.8 Å². The first-order valence-electron chi connectivity index (χ1n) is 7.98. The lowest BCUT2D eigenvalue weighted by Gasteiger charge is -2.17. The van der Waals surface area contributed by atoms with E-state index >= 15 is 0 Å². The van der Waals surface area contributed by atoms with Crippen LogP contribution in [0.4, 0.5) is 5.69 Å². The molecule has 1 saturated heterocycles. The number of nitrogens with one attached hydrogen (secondary N) is 1. The first-order valence-corrected chi connectivity index (χ1v) is 7.98. The fourth-order valence-electron chi connectivity index (χ4n) is 3.01. The molecule has 1 aromatic carbocycles. The largest absolute Gasteiger partial charge is 0.385 e. The molecule has 1 aliphatic rings. The number of rotatable bonds is 5. The first kappa shape index (κ1) is 16.3. The van der Waals surface area contributed by atoms with Crippen molar-refractivity contribution in [3.63, 3.8) is 0 Å². The second-order valence-electron chi connectivity index (χ2n) is 6.05. The van der Waals surface area contributed by atoms with Crippen LogP contribution < -0.4 is 10.2 Å². The molecule has 0 saturated carbocycles. The molecule has 2 aromatic rings. The van der Waals surface area contributed by atoms with Gasteiger partial charge in [0.05, 0.1) is 5.92 Å². The van der Waals surface area contributed by atoms with Crippen molar-refractivity contribution in [2.24, 2.45) is 13.0 Å². The molecule has 1 fully saturated rings. The van der Waals surface area contributed by atoms with Crippen molar-refractivity contribution in [1.82, 2.24) is 9.88 Å². The predicted octanol–water partition coefficient (Wildman–Crippen LogP) is 1.23. The lowest BCUT2D eigenvalue weighted by atomic mass is 10.1. The number of aliphatic hydroxyl groups is 1. The summed E-state index contributed by atoms with van der Waals surface area (Å²) in [5, 5.41) is 12.9. The third-order valence-electron chi connectivity index (χ3n) is 4.36. The third kappa shape index (κ3) is 3.33. The number of nitrogens with zero attached hydrogens (tertiary/aromatic N) is 2. The normalized spacial score (nSPS) is 18.7. The number of hydrogen-bond donors (Lipinski definition) is 2. The monoisotopic (exact) mass is 327 g/mol. The van der Waals surface area contributed by atoms with E-state index in [0.717, 1.165) is 11.4 Å². The van der Waals surface area contributed by atoms with Crippen molar-refractivity contribution in [1.29, 1.82) is 0 Å². The van der Waals surface area contributed by atoms with E-state index in [1.54, 1.807) is 4.90 Å². The second kappa shape index (κ2) is 6.88. The van der Waals surface area contributed by atoms with Crippen molar-refractivity contribution in [2.75, 3.05) is 18.0 Å². The average molecular weight is 327 g/mol. The van der Waals surface area contributed by atoms with Gasteiger partial charge in [0.15, 0.2) is 0 Å². The zero-order valence-electron chi connectivity index (χ0n) is 13.6. The van der Waals surface area contributed by atoms with E-state index in [1.165, 1.54) is 0 Å². The van der Waals surface area contributed by atoms with Crippen molar-refractivity contribution in [3.8, 4) is 0 Å². The Morgan fingerprint density at radius 1 is 1.29 bits per heavy atom. The van der Waals surface area contributed by atoms with Crippen LogP contribution in [0.1, 0.15) is 18.2 Å². The molecule has 1 aromatic heterocycles. The molecule has 2 heterocycles. The summed E-state index contributed by atoms with van der Waals surface area (Å²) < 4.78 is 1.81. The number of amides is 2. The van der Waals surface area contributed by atoms with Crippen LogP contribution in [0.3, 0.4) is 0 Å². The zero-order valence-corrected chi connectivity index (χ0v) is 13.6. The Kier molecular flexibility index (Phi) is 4.66. The number of anilines is 1. The molecule has 6 heteroatoms. The Hall–Kier alpha value is -2.60. The Morgan fingerprint density at radius 2 is 2.04 bits per heavy atom. The van der Waals surface area contributed by atoms with Gasteiger partial charge in [0, 0.05) is 44.1 Å². The molecule has 3 rings (SSSR count). The highest BCUT2D eigenvalue weighted by atomic mass is 16.3. The highest BCUT2D eigenvalue weighted by Gasteiger charge is 2.35. The minimum absolute atomic E-state index is 0.0515. The van der Waals surface area contributed by atoms with Crippen LogP contribution in [0.15, 0.2) is 48.7 Å². The number of carbonyl (C=O) groups excluding carboxylic acids is 2. The number of aryl methyl sites for hydroxylation is 1. The van der Waals surface area contributed by atoms with Crippen LogP contribution in [0.5, 0.6) is 0 Å². The van der Waals surface area contributed by atoms with Gasteiger partial charge in [-0.2, -0.15) is 0 Å². The molecule has 2 amide bonds. The molecule has 2 N–H and O–H groups in total. The van der Waals surface area contributed by atoms with Crippen LogP contribution >= 0.6 is 0 Å². The first-order chi connectivity index (χ1) is 11.6. The Labute approximate surface area is 140 Å². The van der Waals surface area contributed by atoms with Crippen molar-refractivity contribution < 1.29 is 14.7 Å². The van der Waals surface area contributed by atoms with E-state index in [9.17, 15) is 14.7 Å². The van der Waals surface area contributed by atoms with Gasteiger partial charge in [-0.25, -0.2) is 0 Å². The summed E-state index contributed by atoms with van der Waals surface area (Å²) >= 11 is 0. The van der Waals surface area contributed by atoms with Gasteiger partial charge in [0.1, 0.15) is 6.10 Å². The standard InChI is InChI=1S/C18H21N3O3/c1-20-9-5-8-15(20)16(22)11-19-18(24)13-10-17(23)21(12-13)14-6-3-2-4-7-14/h2-9,13,16,22H,10-12H2,1H3,(H,19,24). The second-order valence-corrected chi connectivity index (χ2v) is 6.05. The van der Waals surface area contributed by atoms with E-state index in [1.807, 2.05) is 60.3 Å². The van der Waals surface area contributed by atoms with Gasteiger partial charge in [0.2, 0.25) is 11.8 Å². The highest BCUT2D eigenvalue weighted by molar-refractivity contribution is 6.00. The Balaban J connectivity index is 1.57. The van der Waals surface area contributed by atoms with Gasteiger partial charge < -0.3 is 19.9 Å². The molecule has 6 nitrogen and oxygen atoms in total. The summed E-state index contributed by atoms with van der Waals surface area (Å²) in [6.45, 7) is 0.502. The van der Waals surface area contributed by atoms with E-state index < -0.39 is 12.0 Å². The van der Waals surface area contributed by atoms with Crippen LogP contribution in [0, 0.1) is 5.92 Å². The maximum atomic E-state index is 12.3. The smallest absolute Gasteiger partial charge is 0.227 e. The number of aliphatic hydroxyl groups excluding tert-OH is 1. The van der Waals surface area contributed by atoms with Crippen molar-refractivity contribution in [2.45, 2.75) is 12.5 Å². The SMILES string of the molecule is Cn1cccc1C(O)CNC(=O)C1CC(=O)N(c2ccccc2)C1. The van der Waals surface area contributed by atoms with Gasteiger partial charge in [-0.05, 0) is 24.3 Å². The van der Waals surface area contributed by atoms with Gasteiger partial charge in [-0.3, -0.25) is 9.59 Å². The lowest BCUT2D eigenvalue weighted by molar-refractivity contribution is -0.126. The van der Waals surface area contributed by atoms with E-state index in [4.69, 9.17) is 0 Å². The molecular formula is C18H21N3O3. The topological polar surface area (TPSA) is 74.6 Å². The van der Waals surface area contributed by atoms with Gasteiger partial charge >= 0.3 is 0 Å². The summed E-state index contributed by atoms with van der Waals surface area (Å²) in [5.41, 5.74) is 1.55. The van der Waals surface area contributed by atoms with Gasteiger partial charge in [0.25, 0.3) is 0 Å². The average Bonchev–Trinajstić information content (AvgIpc) is 3.19.